The van der Waals surface area contributed by atoms with Crippen molar-refractivity contribution < 1.29 is 14.3 Å². The minimum atomic E-state index is -0.694. The number of hydrogen-bond donors (Lipinski definition) is 0. The number of fused-ring (bicyclic) bond motifs is 1. The Balaban J connectivity index is 1.83. The minimum Gasteiger partial charge on any atom is -0.493 e. The summed E-state index contributed by atoms with van der Waals surface area (Å²) in [5.74, 6) is 1.73. The van der Waals surface area contributed by atoms with Gasteiger partial charge in [-0.15, -0.1) is 0 Å². The average Bonchev–Trinajstić information content (AvgIpc) is 3.00. The Kier molecular flexibility index (Phi) is 3.59. The fraction of sp³-hybridized carbons (Fsp3) is 0.529. The summed E-state index contributed by atoms with van der Waals surface area (Å²) in [4.78, 5) is 12.6. The summed E-state index contributed by atoms with van der Waals surface area (Å²) in [5.41, 5.74) is 0.699. The molecular weight excluding hydrogens is 266 g/mol. The molecule has 21 heavy (non-hydrogen) atoms. The lowest BCUT2D eigenvalue weighted by Crippen LogP contribution is -2.15. The molecular formula is C17H19NO3. The maximum absolute atomic E-state index is 12.6. The number of ketones is 1. The number of hydrogen-bond acceptors (Lipinski definition) is 4. The molecule has 3 atom stereocenters. The van der Waals surface area contributed by atoms with Crippen LogP contribution in [0.1, 0.15) is 30.7 Å². The highest BCUT2D eigenvalue weighted by Crippen LogP contribution is 2.59. The van der Waals surface area contributed by atoms with Gasteiger partial charge in [0, 0.05) is 5.92 Å². The van der Waals surface area contributed by atoms with Crippen molar-refractivity contribution in [2.24, 2.45) is 17.8 Å². The van der Waals surface area contributed by atoms with E-state index >= 15 is 0 Å². The Bertz CT molecular complexity index is 595. The van der Waals surface area contributed by atoms with Gasteiger partial charge in [-0.2, -0.15) is 5.26 Å². The van der Waals surface area contributed by atoms with Crippen LogP contribution in [0.25, 0.3) is 0 Å². The summed E-state index contributed by atoms with van der Waals surface area (Å²) in [6.07, 6.45) is 3.52. The Morgan fingerprint density at radius 2 is 1.90 bits per heavy atom. The van der Waals surface area contributed by atoms with Gasteiger partial charge < -0.3 is 9.47 Å². The summed E-state index contributed by atoms with van der Waals surface area (Å²) < 4.78 is 10.4. The van der Waals surface area contributed by atoms with E-state index in [-0.39, 0.29) is 11.7 Å². The van der Waals surface area contributed by atoms with Gasteiger partial charge in [0.2, 0.25) is 0 Å². The molecule has 3 rings (SSSR count). The Labute approximate surface area is 124 Å². The number of carbonyl (C=O) groups is 1. The molecule has 110 valence electrons. The van der Waals surface area contributed by atoms with Crippen LogP contribution in [0, 0.1) is 29.1 Å². The number of nitrogens with zero attached hydrogens (tertiary/aromatic N) is 1. The largest absolute Gasteiger partial charge is 0.493 e. The number of nitriles is 1. The second kappa shape index (κ2) is 5.40. The van der Waals surface area contributed by atoms with Crippen molar-refractivity contribution in [1.82, 2.24) is 0 Å². The molecule has 4 heteroatoms. The van der Waals surface area contributed by atoms with E-state index < -0.39 is 5.92 Å². The van der Waals surface area contributed by atoms with Crippen LogP contribution in [-0.2, 0) is 4.79 Å². The molecule has 0 saturated heterocycles. The number of carbonyl (C=O) groups excluding carboxylic acids is 1. The standard InChI is InChI=1S/C17H19NO3/c1-20-14-7-6-10(8-15(14)21-2)13(9-18)17(19)16-11-4-3-5-12(11)16/h6-8,11-13,16H,3-5H2,1-2H3. The highest BCUT2D eigenvalue weighted by Gasteiger charge is 2.57. The predicted octanol–water partition coefficient (Wildman–Crippen LogP) is 2.93. The van der Waals surface area contributed by atoms with Gasteiger partial charge in [0.15, 0.2) is 17.3 Å². The van der Waals surface area contributed by atoms with Gasteiger partial charge in [-0.1, -0.05) is 12.5 Å². The first-order valence-electron chi connectivity index (χ1n) is 7.36. The molecule has 2 aliphatic rings. The summed E-state index contributed by atoms with van der Waals surface area (Å²) in [6, 6.07) is 7.44. The van der Waals surface area contributed by atoms with E-state index in [1.54, 1.807) is 32.4 Å². The fourth-order valence-corrected chi connectivity index (χ4v) is 3.77. The van der Waals surface area contributed by atoms with Gasteiger partial charge >= 0.3 is 0 Å². The number of methoxy groups -OCH3 is 2. The molecule has 0 amide bonds. The van der Waals surface area contributed by atoms with Gasteiger partial charge in [0.25, 0.3) is 0 Å². The molecule has 2 aliphatic carbocycles. The summed E-state index contributed by atoms with van der Waals surface area (Å²) in [7, 11) is 3.12. The van der Waals surface area contributed by atoms with Crippen LogP contribution in [0.3, 0.4) is 0 Å². The highest BCUT2D eigenvalue weighted by molar-refractivity contribution is 5.93. The number of benzene rings is 1. The summed E-state index contributed by atoms with van der Waals surface area (Å²) >= 11 is 0. The first-order chi connectivity index (χ1) is 10.2. The maximum atomic E-state index is 12.6. The van der Waals surface area contributed by atoms with Crippen molar-refractivity contribution in [3.63, 3.8) is 0 Å². The molecule has 0 spiro atoms. The zero-order chi connectivity index (χ0) is 15.0. The Morgan fingerprint density at radius 1 is 1.24 bits per heavy atom. The molecule has 4 nitrogen and oxygen atoms in total. The minimum absolute atomic E-state index is 0.0828. The van der Waals surface area contributed by atoms with Gasteiger partial charge in [-0.25, -0.2) is 0 Å². The van der Waals surface area contributed by atoms with Crippen molar-refractivity contribution >= 4 is 5.78 Å². The van der Waals surface area contributed by atoms with Crippen LogP contribution in [-0.4, -0.2) is 20.0 Å². The average molecular weight is 285 g/mol. The zero-order valence-electron chi connectivity index (χ0n) is 12.3. The molecule has 3 unspecified atom stereocenters. The van der Waals surface area contributed by atoms with Crippen molar-refractivity contribution in [3.8, 4) is 17.6 Å². The topological polar surface area (TPSA) is 59.3 Å². The fourth-order valence-electron chi connectivity index (χ4n) is 3.77. The number of rotatable bonds is 5. The third kappa shape index (κ3) is 2.27. The third-order valence-electron chi connectivity index (χ3n) is 4.89. The van der Waals surface area contributed by atoms with Crippen molar-refractivity contribution in [2.75, 3.05) is 14.2 Å². The van der Waals surface area contributed by atoms with E-state index in [1.807, 2.05) is 0 Å². The molecule has 1 aromatic carbocycles. The van der Waals surface area contributed by atoms with E-state index in [1.165, 1.54) is 6.42 Å². The zero-order valence-corrected chi connectivity index (χ0v) is 12.3. The molecule has 0 aliphatic heterocycles. The lowest BCUT2D eigenvalue weighted by Gasteiger charge is -2.13. The summed E-state index contributed by atoms with van der Waals surface area (Å²) in [6.45, 7) is 0. The van der Waals surface area contributed by atoms with E-state index in [0.29, 0.717) is 28.9 Å². The first kappa shape index (κ1) is 13.9. The SMILES string of the molecule is COc1ccc(C(C#N)C(=O)C2C3CCCC32)cc1OC. The van der Waals surface area contributed by atoms with Crippen LogP contribution in [0.15, 0.2) is 18.2 Å². The van der Waals surface area contributed by atoms with Crippen molar-refractivity contribution in [3.05, 3.63) is 23.8 Å². The Hall–Kier alpha value is -2.02. The molecule has 1 aromatic rings. The molecule has 0 radical (unpaired) electrons. The first-order valence-corrected chi connectivity index (χ1v) is 7.36. The number of ether oxygens (including phenoxy) is 2. The van der Waals surface area contributed by atoms with Crippen LogP contribution < -0.4 is 9.47 Å². The van der Waals surface area contributed by atoms with E-state index in [0.717, 1.165) is 12.8 Å². The molecule has 0 aromatic heterocycles. The second-order valence-corrected chi connectivity index (χ2v) is 5.86. The monoisotopic (exact) mass is 285 g/mol. The Morgan fingerprint density at radius 3 is 2.48 bits per heavy atom. The van der Waals surface area contributed by atoms with E-state index in [4.69, 9.17) is 9.47 Å². The molecule has 2 fully saturated rings. The van der Waals surface area contributed by atoms with Crippen LogP contribution in [0.2, 0.25) is 0 Å². The van der Waals surface area contributed by atoms with Crippen molar-refractivity contribution in [1.29, 1.82) is 5.26 Å². The maximum Gasteiger partial charge on any atom is 0.161 e. The summed E-state index contributed by atoms with van der Waals surface area (Å²) in [5, 5.41) is 9.44. The second-order valence-electron chi connectivity index (χ2n) is 5.86. The van der Waals surface area contributed by atoms with E-state index in [2.05, 4.69) is 6.07 Å². The number of Topliss-reactive ketones (excluding diaryl/α,β-unsaturated/α-hetero) is 1. The van der Waals surface area contributed by atoms with Crippen LogP contribution >= 0.6 is 0 Å². The van der Waals surface area contributed by atoms with Gasteiger partial charge in [-0.3, -0.25) is 4.79 Å². The normalized spacial score (nSPS) is 27.4. The van der Waals surface area contributed by atoms with Crippen molar-refractivity contribution in [2.45, 2.75) is 25.2 Å². The lowest BCUT2D eigenvalue weighted by atomic mass is 9.90. The molecule has 2 saturated carbocycles. The lowest BCUT2D eigenvalue weighted by molar-refractivity contribution is -0.121. The molecule has 0 bridgehead atoms. The smallest absolute Gasteiger partial charge is 0.161 e. The highest BCUT2D eigenvalue weighted by atomic mass is 16.5. The quantitative estimate of drug-likeness (QED) is 0.834. The molecule has 0 N–H and O–H groups in total. The van der Waals surface area contributed by atoms with Gasteiger partial charge in [0.1, 0.15) is 5.92 Å². The third-order valence-corrected chi connectivity index (χ3v) is 4.89. The van der Waals surface area contributed by atoms with Crippen LogP contribution in [0.4, 0.5) is 0 Å². The predicted molar refractivity (Wildman–Crippen MR) is 77.2 cm³/mol. The van der Waals surface area contributed by atoms with Crippen LogP contribution in [0.5, 0.6) is 11.5 Å². The van der Waals surface area contributed by atoms with Gasteiger partial charge in [0.05, 0.1) is 20.3 Å². The van der Waals surface area contributed by atoms with E-state index in [9.17, 15) is 10.1 Å². The molecule has 0 heterocycles. The van der Waals surface area contributed by atoms with Gasteiger partial charge in [-0.05, 0) is 42.4 Å².